The van der Waals surface area contributed by atoms with Crippen LogP contribution >= 0.6 is 27.7 Å². The summed E-state index contributed by atoms with van der Waals surface area (Å²) in [6, 6.07) is 7.18. The number of β-lactam (4-membered cyclic amide) rings is 1. The fourth-order valence-corrected chi connectivity index (χ4v) is 5.10. The standard InChI is InChI=1S/C19H21BrN4O7S/c1-29-15(26)13-11(8-31-18(21)28)14(32-17-19(22,30-2)16(27)24(13)17)23-12(25)7-9-3-5-10(20)6-4-9/h3-6,14,17H,7-8,22H2,1-2H3,(H2,21,28)(H,23,25)/t14?,17-,19?/m1/s1. The molecule has 2 unspecified atom stereocenters. The largest absolute Gasteiger partial charge is 0.464 e. The number of esters is 1. The first-order chi connectivity index (χ1) is 15.1. The number of carbonyl (C=O) groups is 4. The van der Waals surface area contributed by atoms with E-state index in [1.54, 1.807) is 24.3 Å². The highest BCUT2D eigenvalue weighted by Gasteiger charge is 2.65. The van der Waals surface area contributed by atoms with E-state index < -0.39 is 41.0 Å². The van der Waals surface area contributed by atoms with Gasteiger partial charge in [-0.2, -0.15) is 0 Å². The molecule has 3 rings (SSSR count). The number of primary amides is 1. The molecule has 2 aliphatic heterocycles. The first-order valence-electron chi connectivity index (χ1n) is 9.23. The van der Waals surface area contributed by atoms with E-state index in [9.17, 15) is 19.2 Å². The maximum absolute atomic E-state index is 12.7. The third kappa shape index (κ3) is 4.46. The summed E-state index contributed by atoms with van der Waals surface area (Å²) in [5.41, 5.74) is 10.1. The van der Waals surface area contributed by atoms with E-state index >= 15 is 0 Å². The number of methoxy groups -OCH3 is 2. The SMILES string of the molecule is COC(=O)C1=C(COC(N)=O)C(NC(=O)Cc2ccc(Br)cc2)S[C@H]2N1C(=O)C2(N)OC. The molecule has 0 saturated carbocycles. The van der Waals surface area contributed by atoms with Crippen LogP contribution in [0.15, 0.2) is 40.0 Å². The maximum atomic E-state index is 12.7. The Morgan fingerprint density at radius 1 is 1.25 bits per heavy atom. The molecule has 172 valence electrons. The Morgan fingerprint density at radius 3 is 2.47 bits per heavy atom. The smallest absolute Gasteiger partial charge is 0.404 e. The van der Waals surface area contributed by atoms with E-state index in [0.29, 0.717) is 0 Å². The highest BCUT2D eigenvalue weighted by atomic mass is 79.9. The van der Waals surface area contributed by atoms with Crippen molar-refractivity contribution in [3.63, 3.8) is 0 Å². The average molecular weight is 529 g/mol. The van der Waals surface area contributed by atoms with E-state index in [4.69, 9.17) is 25.7 Å². The zero-order valence-corrected chi connectivity index (χ0v) is 19.5. The van der Waals surface area contributed by atoms with Crippen LogP contribution in [0.1, 0.15) is 5.56 Å². The summed E-state index contributed by atoms with van der Waals surface area (Å²) in [5, 5.41) is 1.09. The van der Waals surface area contributed by atoms with Gasteiger partial charge in [0, 0.05) is 17.2 Å². The highest BCUT2D eigenvalue weighted by Crippen LogP contribution is 2.48. The second kappa shape index (κ2) is 9.48. The van der Waals surface area contributed by atoms with Gasteiger partial charge in [0.2, 0.25) is 11.6 Å². The molecule has 3 atom stereocenters. The van der Waals surface area contributed by atoms with Gasteiger partial charge < -0.3 is 25.3 Å². The monoisotopic (exact) mass is 528 g/mol. The van der Waals surface area contributed by atoms with Crippen LogP contribution in [0.2, 0.25) is 0 Å². The van der Waals surface area contributed by atoms with E-state index in [1.807, 2.05) is 0 Å². The Hall–Kier alpha value is -2.61. The van der Waals surface area contributed by atoms with Crippen LogP contribution in [0.25, 0.3) is 0 Å². The lowest BCUT2D eigenvalue weighted by atomic mass is 9.99. The number of rotatable bonds is 7. The second-order valence-corrected chi connectivity index (χ2v) is 8.99. The molecule has 2 heterocycles. The van der Waals surface area contributed by atoms with E-state index in [0.717, 1.165) is 33.8 Å². The molecule has 11 nitrogen and oxygen atoms in total. The van der Waals surface area contributed by atoms with Crippen LogP contribution in [0, 0.1) is 0 Å². The normalized spacial score (nSPS) is 24.4. The molecule has 0 aliphatic carbocycles. The molecule has 13 heteroatoms. The van der Waals surface area contributed by atoms with Crippen molar-refractivity contribution in [2.45, 2.75) is 22.9 Å². The number of fused-ring (bicyclic) bond motifs is 1. The van der Waals surface area contributed by atoms with Gasteiger partial charge in [-0.05, 0) is 17.7 Å². The molecule has 2 aliphatic rings. The minimum atomic E-state index is -1.70. The lowest BCUT2D eigenvalue weighted by molar-refractivity contribution is -0.183. The molecule has 0 bridgehead atoms. The summed E-state index contributed by atoms with van der Waals surface area (Å²) in [7, 11) is 2.40. The summed E-state index contributed by atoms with van der Waals surface area (Å²) < 4.78 is 15.7. The molecule has 5 N–H and O–H groups in total. The maximum Gasteiger partial charge on any atom is 0.404 e. The van der Waals surface area contributed by atoms with Gasteiger partial charge in [0.25, 0.3) is 5.91 Å². The van der Waals surface area contributed by atoms with E-state index in [-0.39, 0.29) is 23.6 Å². The number of amides is 3. The summed E-state index contributed by atoms with van der Waals surface area (Å²) >= 11 is 4.40. The van der Waals surface area contributed by atoms with Crippen LogP contribution in [-0.4, -0.2) is 66.1 Å². The zero-order chi connectivity index (χ0) is 23.6. The number of nitrogens with two attached hydrogens (primary N) is 2. The number of benzene rings is 1. The molecule has 1 fully saturated rings. The van der Waals surface area contributed by atoms with E-state index in [1.165, 1.54) is 7.11 Å². The number of nitrogens with zero attached hydrogens (tertiary/aromatic N) is 1. The van der Waals surface area contributed by atoms with Crippen molar-refractivity contribution in [3.05, 3.63) is 45.6 Å². The number of carbonyl (C=O) groups excluding carboxylic acids is 4. The number of thioether (sulfide) groups is 1. The van der Waals surface area contributed by atoms with Gasteiger partial charge in [0.05, 0.1) is 13.5 Å². The van der Waals surface area contributed by atoms with E-state index in [2.05, 4.69) is 21.2 Å². The van der Waals surface area contributed by atoms with Crippen molar-refractivity contribution in [1.29, 1.82) is 0 Å². The Bertz CT molecular complexity index is 986. The van der Waals surface area contributed by atoms with Gasteiger partial charge in [0.15, 0.2) is 0 Å². The number of hydrogen-bond acceptors (Lipinski definition) is 9. The van der Waals surface area contributed by atoms with Gasteiger partial charge in [-0.3, -0.25) is 20.2 Å². The minimum absolute atomic E-state index is 0.0488. The number of ether oxygens (including phenoxy) is 3. The van der Waals surface area contributed by atoms with Crippen molar-refractivity contribution < 1.29 is 33.4 Å². The number of hydrogen-bond donors (Lipinski definition) is 3. The molecule has 1 aromatic rings. The van der Waals surface area contributed by atoms with Crippen LogP contribution in [-0.2, 0) is 35.0 Å². The summed E-state index contributed by atoms with van der Waals surface area (Å²) in [4.78, 5) is 50.3. The molecule has 1 aromatic carbocycles. The van der Waals surface area contributed by atoms with Crippen molar-refractivity contribution in [1.82, 2.24) is 10.2 Å². The Balaban J connectivity index is 1.94. The molecule has 1 saturated heterocycles. The first kappa shape index (κ1) is 24.0. The molecule has 32 heavy (non-hydrogen) atoms. The molecular formula is C19H21BrN4O7S. The Morgan fingerprint density at radius 2 is 1.91 bits per heavy atom. The van der Waals surface area contributed by atoms with Gasteiger partial charge in [-0.15, -0.1) is 11.8 Å². The summed E-state index contributed by atoms with van der Waals surface area (Å²) in [6.07, 6.45) is -1.04. The number of halogens is 1. The van der Waals surface area contributed by atoms with Crippen molar-refractivity contribution in [2.24, 2.45) is 11.5 Å². The van der Waals surface area contributed by atoms with Gasteiger partial charge in [-0.1, -0.05) is 28.1 Å². The van der Waals surface area contributed by atoms with Crippen LogP contribution in [0.5, 0.6) is 0 Å². The Labute approximate surface area is 195 Å². The molecular weight excluding hydrogens is 508 g/mol. The van der Waals surface area contributed by atoms with Crippen LogP contribution in [0.4, 0.5) is 4.79 Å². The van der Waals surface area contributed by atoms with Crippen molar-refractivity contribution >= 4 is 51.6 Å². The highest BCUT2D eigenvalue weighted by molar-refractivity contribution is 9.10. The van der Waals surface area contributed by atoms with Crippen LogP contribution in [0.3, 0.4) is 0 Å². The molecule has 0 radical (unpaired) electrons. The summed E-state index contributed by atoms with van der Waals surface area (Å²) in [5.74, 6) is -1.91. The summed E-state index contributed by atoms with van der Waals surface area (Å²) in [6.45, 7) is -0.447. The second-order valence-electron chi connectivity index (χ2n) is 6.88. The molecule has 3 amide bonds. The van der Waals surface area contributed by atoms with Crippen molar-refractivity contribution in [3.8, 4) is 0 Å². The zero-order valence-electron chi connectivity index (χ0n) is 17.1. The third-order valence-corrected chi connectivity index (χ3v) is 6.96. The lowest BCUT2D eigenvalue weighted by Crippen LogP contribution is -2.79. The quantitative estimate of drug-likeness (QED) is 0.254. The third-order valence-electron chi connectivity index (χ3n) is 4.94. The van der Waals surface area contributed by atoms with Crippen molar-refractivity contribution in [2.75, 3.05) is 20.8 Å². The minimum Gasteiger partial charge on any atom is -0.464 e. The van der Waals surface area contributed by atoms with Gasteiger partial charge in [0.1, 0.15) is 23.1 Å². The fraction of sp³-hybridized carbons (Fsp3) is 0.368. The lowest BCUT2D eigenvalue weighted by Gasteiger charge is -2.55. The molecule has 0 aromatic heterocycles. The topological polar surface area (TPSA) is 163 Å². The molecule has 0 spiro atoms. The average Bonchev–Trinajstić information content (AvgIpc) is 2.77. The Kier molecular flexibility index (Phi) is 7.12. The van der Waals surface area contributed by atoms with Gasteiger partial charge in [-0.25, -0.2) is 9.59 Å². The van der Waals surface area contributed by atoms with Crippen LogP contribution < -0.4 is 16.8 Å². The van der Waals surface area contributed by atoms with Gasteiger partial charge >= 0.3 is 12.1 Å². The predicted molar refractivity (Wildman–Crippen MR) is 117 cm³/mol. The predicted octanol–water partition coefficient (Wildman–Crippen LogP) is 0.173. The number of nitrogens with one attached hydrogen (secondary N) is 1. The first-order valence-corrected chi connectivity index (χ1v) is 11.0. The fourth-order valence-electron chi connectivity index (χ4n) is 3.31.